The molecular weight excluding hydrogens is 270 g/mol. The van der Waals surface area contributed by atoms with Crippen molar-refractivity contribution in [3.63, 3.8) is 0 Å². The van der Waals surface area contributed by atoms with Gasteiger partial charge in [-0.1, -0.05) is 0 Å². The number of piperidine rings is 1. The molecule has 2 aromatic rings. The molecule has 0 radical (unpaired) electrons. The Bertz CT molecular complexity index is 703. The molecule has 7 heteroatoms. The summed E-state index contributed by atoms with van der Waals surface area (Å²) < 4.78 is 0. The average Bonchev–Trinajstić information content (AvgIpc) is 2.48. The number of carbonyl (C=O) groups is 1. The number of hydrogen-bond acceptors (Lipinski definition) is 6. The van der Waals surface area contributed by atoms with Gasteiger partial charge in [0.05, 0.1) is 11.4 Å². The third-order valence-corrected chi connectivity index (χ3v) is 3.92. The van der Waals surface area contributed by atoms with Crippen molar-refractivity contribution in [2.75, 3.05) is 11.4 Å². The topological polar surface area (TPSA) is 92.1 Å². The van der Waals surface area contributed by atoms with E-state index in [0.717, 1.165) is 24.2 Å². The first-order chi connectivity index (χ1) is 10.1. The summed E-state index contributed by atoms with van der Waals surface area (Å²) in [6.45, 7) is 4.42. The molecule has 7 nitrogen and oxygen atoms in total. The van der Waals surface area contributed by atoms with Crippen LogP contribution >= 0.6 is 0 Å². The Labute approximate surface area is 122 Å². The zero-order chi connectivity index (χ0) is 15.0. The summed E-state index contributed by atoms with van der Waals surface area (Å²) in [6, 6.07) is -0.555. The normalized spacial score (nSPS) is 19.0. The van der Waals surface area contributed by atoms with Gasteiger partial charge in [0, 0.05) is 6.54 Å². The minimum absolute atomic E-state index is 0.512. The van der Waals surface area contributed by atoms with Gasteiger partial charge in [-0.2, -0.15) is 0 Å². The lowest BCUT2D eigenvalue weighted by Crippen LogP contribution is -2.45. The molecule has 3 heterocycles. The predicted octanol–water partition coefficient (Wildman–Crippen LogP) is 1.48. The monoisotopic (exact) mass is 287 g/mol. The summed E-state index contributed by atoms with van der Waals surface area (Å²) >= 11 is 0. The molecule has 1 aliphatic heterocycles. The van der Waals surface area contributed by atoms with Crippen molar-refractivity contribution < 1.29 is 9.90 Å². The summed E-state index contributed by atoms with van der Waals surface area (Å²) in [4.78, 5) is 30.7. The molecule has 1 aliphatic rings. The summed E-state index contributed by atoms with van der Waals surface area (Å²) in [6.07, 6.45) is 3.92. The molecule has 110 valence electrons. The van der Waals surface area contributed by atoms with E-state index in [1.165, 1.54) is 6.33 Å². The van der Waals surface area contributed by atoms with Crippen molar-refractivity contribution in [1.29, 1.82) is 0 Å². The van der Waals surface area contributed by atoms with Crippen molar-refractivity contribution in [2.24, 2.45) is 0 Å². The van der Waals surface area contributed by atoms with Crippen molar-refractivity contribution >= 4 is 23.0 Å². The number of aryl methyl sites for hydroxylation is 2. The third kappa shape index (κ3) is 2.39. The second-order valence-corrected chi connectivity index (χ2v) is 5.31. The quantitative estimate of drug-likeness (QED) is 0.894. The van der Waals surface area contributed by atoms with E-state index in [-0.39, 0.29) is 0 Å². The molecule has 0 aliphatic carbocycles. The van der Waals surface area contributed by atoms with Crippen LogP contribution in [0.1, 0.15) is 30.7 Å². The number of carboxylic acid groups (broad SMARTS) is 1. The van der Waals surface area contributed by atoms with Crippen LogP contribution < -0.4 is 4.90 Å². The lowest BCUT2D eigenvalue weighted by Gasteiger charge is -2.33. The molecular formula is C14H17N5O2. The molecule has 1 fully saturated rings. The van der Waals surface area contributed by atoms with Gasteiger partial charge in [-0.25, -0.2) is 24.7 Å². The Morgan fingerprint density at radius 3 is 2.76 bits per heavy atom. The molecule has 0 spiro atoms. The lowest BCUT2D eigenvalue weighted by atomic mass is 10.0. The highest BCUT2D eigenvalue weighted by molar-refractivity contribution is 5.86. The van der Waals surface area contributed by atoms with Crippen molar-refractivity contribution in [3.05, 3.63) is 17.7 Å². The van der Waals surface area contributed by atoms with E-state index in [2.05, 4.69) is 19.9 Å². The smallest absolute Gasteiger partial charge is 0.326 e. The number of rotatable bonds is 2. The molecule has 0 aromatic carbocycles. The predicted molar refractivity (Wildman–Crippen MR) is 77.2 cm³/mol. The first-order valence-electron chi connectivity index (χ1n) is 7.03. The molecule has 0 bridgehead atoms. The van der Waals surface area contributed by atoms with Crippen LogP contribution in [0, 0.1) is 13.8 Å². The number of hydrogen-bond donors (Lipinski definition) is 1. The minimum atomic E-state index is -0.821. The maximum Gasteiger partial charge on any atom is 0.326 e. The van der Waals surface area contributed by atoms with Crippen molar-refractivity contribution in [3.8, 4) is 0 Å². The molecule has 1 unspecified atom stereocenters. The Morgan fingerprint density at radius 2 is 2.00 bits per heavy atom. The molecule has 21 heavy (non-hydrogen) atoms. The van der Waals surface area contributed by atoms with E-state index in [1.54, 1.807) is 0 Å². The van der Waals surface area contributed by atoms with Crippen LogP contribution in [-0.2, 0) is 4.79 Å². The van der Waals surface area contributed by atoms with Gasteiger partial charge >= 0.3 is 5.97 Å². The molecule has 1 atom stereocenters. The lowest BCUT2D eigenvalue weighted by molar-refractivity contribution is -0.139. The third-order valence-electron chi connectivity index (χ3n) is 3.92. The summed E-state index contributed by atoms with van der Waals surface area (Å²) in [7, 11) is 0. The number of carboxylic acids is 1. The van der Waals surface area contributed by atoms with Crippen molar-refractivity contribution in [1.82, 2.24) is 19.9 Å². The van der Waals surface area contributed by atoms with Crippen LogP contribution in [0.3, 0.4) is 0 Å². The average molecular weight is 287 g/mol. The Hall–Kier alpha value is -2.31. The molecule has 3 rings (SSSR count). The second kappa shape index (κ2) is 5.23. The number of aromatic nitrogens is 4. The van der Waals surface area contributed by atoms with E-state index in [9.17, 15) is 9.90 Å². The van der Waals surface area contributed by atoms with E-state index in [1.807, 2.05) is 18.7 Å². The van der Waals surface area contributed by atoms with Gasteiger partial charge in [-0.3, -0.25) is 0 Å². The maximum atomic E-state index is 11.5. The first kappa shape index (κ1) is 13.7. The van der Waals surface area contributed by atoms with Crippen LogP contribution in [0.4, 0.5) is 5.82 Å². The highest BCUT2D eigenvalue weighted by atomic mass is 16.4. The van der Waals surface area contributed by atoms with E-state index >= 15 is 0 Å². The first-order valence-corrected chi connectivity index (χ1v) is 7.03. The minimum Gasteiger partial charge on any atom is -0.480 e. The Kier molecular flexibility index (Phi) is 3.40. The van der Waals surface area contributed by atoms with Gasteiger partial charge < -0.3 is 10.0 Å². The van der Waals surface area contributed by atoms with E-state index < -0.39 is 12.0 Å². The van der Waals surface area contributed by atoms with Crippen molar-refractivity contribution in [2.45, 2.75) is 39.2 Å². The number of nitrogens with zero attached hydrogens (tertiary/aromatic N) is 5. The fourth-order valence-corrected chi connectivity index (χ4v) is 2.68. The summed E-state index contributed by atoms with van der Waals surface area (Å²) in [5, 5.41) is 9.42. The maximum absolute atomic E-state index is 11.5. The van der Waals surface area contributed by atoms with Gasteiger partial charge in [0.25, 0.3) is 0 Å². The van der Waals surface area contributed by atoms with Crippen LogP contribution in [0.15, 0.2) is 6.33 Å². The Balaban J connectivity index is 2.14. The summed E-state index contributed by atoms with van der Waals surface area (Å²) in [5.74, 6) is -0.249. The van der Waals surface area contributed by atoms with Crippen LogP contribution in [0.2, 0.25) is 0 Å². The molecule has 1 saturated heterocycles. The van der Waals surface area contributed by atoms with E-state index in [4.69, 9.17) is 0 Å². The van der Waals surface area contributed by atoms with Gasteiger partial charge in [-0.05, 0) is 33.1 Å². The zero-order valence-electron chi connectivity index (χ0n) is 12.1. The molecule has 0 saturated carbocycles. The number of anilines is 1. The zero-order valence-corrected chi connectivity index (χ0v) is 12.1. The van der Waals surface area contributed by atoms with Crippen LogP contribution in [-0.4, -0.2) is 43.6 Å². The summed E-state index contributed by atoms with van der Waals surface area (Å²) in [5.41, 5.74) is 2.72. The largest absolute Gasteiger partial charge is 0.480 e. The number of fused-ring (bicyclic) bond motifs is 1. The fraction of sp³-hybridized carbons (Fsp3) is 0.500. The van der Waals surface area contributed by atoms with E-state index in [0.29, 0.717) is 29.9 Å². The molecule has 2 aromatic heterocycles. The van der Waals surface area contributed by atoms with Gasteiger partial charge in [0.1, 0.15) is 12.4 Å². The number of aliphatic carboxylic acids is 1. The van der Waals surface area contributed by atoms with Gasteiger partial charge in [0.2, 0.25) is 0 Å². The molecule has 0 amide bonds. The second-order valence-electron chi connectivity index (χ2n) is 5.31. The van der Waals surface area contributed by atoms with Crippen LogP contribution in [0.25, 0.3) is 11.2 Å². The standard InChI is InChI=1S/C14H17N5O2/c1-8-9(2)18-12-11(17-8)13(16-7-15-12)19-6-4-3-5-10(19)14(20)21/h7,10H,3-6H2,1-2H3,(H,20,21). The SMILES string of the molecule is Cc1nc2ncnc(N3CCCCC3C(=O)O)c2nc1C. The highest BCUT2D eigenvalue weighted by Crippen LogP contribution is 2.27. The molecule has 1 N–H and O–H groups in total. The highest BCUT2D eigenvalue weighted by Gasteiger charge is 2.31. The Morgan fingerprint density at radius 1 is 1.24 bits per heavy atom. The van der Waals surface area contributed by atoms with Gasteiger partial charge in [0.15, 0.2) is 17.0 Å². The van der Waals surface area contributed by atoms with Crippen LogP contribution in [0.5, 0.6) is 0 Å². The van der Waals surface area contributed by atoms with Gasteiger partial charge in [-0.15, -0.1) is 0 Å². The fourth-order valence-electron chi connectivity index (χ4n) is 2.68.